The minimum absolute atomic E-state index is 0.0347. The van der Waals surface area contributed by atoms with Gasteiger partial charge in [-0.15, -0.1) is 0 Å². The van der Waals surface area contributed by atoms with Crippen molar-refractivity contribution < 1.29 is 29.3 Å². The van der Waals surface area contributed by atoms with Crippen molar-refractivity contribution in [3.8, 4) is 16.9 Å². The number of hydrogen-bond donors (Lipinski definition) is 4. The van der Waals surface area contributed by atoms with Gasteiger partial charge >= 0.3 is 12.1 Å². The van der Waals surface area contributed by atoms with E-state index in [9.17, 15) is 24.6 Å². The van der Waals surface area contributed by atoms with Gasteiger partial charge in [0.2, 0.25) is 5.91 Å². The average molecular weight is 460 g/mol. The van der Waals surface area contributed by atoms with Crippen LogP contribution in [0.5, 0.6) is 5.75 Å². The molecular formula is C26H24N2O6. The standard InChI is InChI=1S/C26H24N2O6/c1-15-10-11-16(29)12-22(15)27-25(32)23(13-24(30)31)28-26(33)34-14-21-19-8-4-2-6-17(19)18-7-3-5-9-20(18)21/h2-12,21,23,29H,13-14H2,1H3,(H,27,32)(H,28,33)(H,30,31). The molecule has 3 aromatic carbocycles. The van der Waals surface area contributed by atoms with Gasteiger partial charge in [0, 0.05) is 17.7 Å². The third-order valence-corrected chi connectivity index (χ3v) is 5.81. The highest BCUT2D eigenvalue weighted by Crippen LogP contribution is 2.44. The smallest absolute Gasteiger partial charge is 0.407 e. The zero-order valence-corrected chi connectivity index (χ0v) is 18.4. The summed E-state index contributed by atoms with van der Waals surface area (Å²) < 4.78 is 5.43. The fraction of sp³-hybridized carbons (Fsp3) is 0.192. The van der Waals surface area contributed by atoms with Gasteiger partial charge in [0.1, 0.15) is 18.4 Å². The lowest BCUT2D eigenvalue weighted by Crippen LogP contribution is -2.45. The summed E-state index contributed by atoms with van der Waals surface area (Å²) in [5, 5.41) is 23.8. The molecule has 8 heteroatoms. The number of aromatic hydroxyl groups is 1. The lowest BCUT2D eigenvalue weighted by Gasteiger charge is -2.19. The molecule has 174 valence electrons. The average Bonchev–Trinajstić information content (AvgIpc) is 3.13. The number of aliphatic carboxylic acids is 1. The van der Waals surface area contributed by atoms with Crippen LogP contribution in [-0.2, 0) is 14.3 Å². The van der Waals surface area contributed by atoms with Crippen LogP contribution in [0.2, 0.25) is 0 Å². The molecule has 0 radical (unpaired) electrons. The van der Waals surface area contributed by atoms with Crippen LogP contribution in [0, 0.1) is 6.92 Å². The van der Waals surface area contributed by atoms with Crippen LogP contribution in [-0.4, -0.2) is 40.8 Å². The summed E-state index contributed by atoms with van der Waals surface area (Å²) in [6.07, 6.45) is -1.52. The number of fused-ring (bicyclic) bond motifs is 3. The molecule has 34 heavy (non-hydrogen) atoms. The number of benzene rings is 3. The van der Waals surface area contributed by atoms with Crippen LogP contribution < -0.4 is 10.6 Å². The fourth-order valence-corrected chi connectivity index (χ4v) is 4.13. The van der Waals surface area contributed by atoms with Gasteiger partial charge in [-0.25, -0.2) is 4.79 Å². The van der Waals surface area contributed by atoms with Crippen LogP contribution in [0.15, 0.2) is 66.7 Å². The number of alkyl carbamates (subject to hydrolysis) is 1. The molecule has 0 aliphatic heterocycles. The third-order valence-electron chi connectivity index (χ3n) is 5.81. The number of hydrogen-bond acceptors (Lipinski definition) is 5. The number of phenols is 1. The fourth-order valence-electron chi connectivity index (χ4n) is 4.13. The van der Waals surface area contributed by atoms with E-state index in [0.717, 1.165) is 22.3 Å². The van der Waals surface area contributed by atoms with Crippen LogP contribution in [0.4, 0.5) is 10.5 Å². The molecule has 1 atom stereocenters. The first-order valence-electron chi connectivity index (χ1n) is 10.8. The second-order valence-electron chi connectivity index (χ2n) is 8.11. The van der Waals surface area contributed by atoms with E-state index in [1.807, 2.05) is 48.5 Å². The summed E-state index contributed by atoms with van der Waals surface area (Å²) >= 11 is 0. The number of carboxylic acids is 1. The largest absolute Gasteiger partial charge is 0.508 e. The van der Waals surface area contributed by atoms with Gasteiger partial charge in [0.05, 0.1) is 6.42 Å². The van der Waals surface area contributed by atoms with E-state index in [1.54, 1.807) is 13.0 Å². The Morgan fingerprint density at radius 2 is 1.59 bits per heavy atom. The normalized spacial score (nSPS) is 12.9. The van der Waals surface area contributed by atoms with E-state index >= 15 is 0 Å². The van der Waals surface area contributed by atoms with Crippen molar-refractivity contribution in [1.82, 2.24) is 5.32 Å². The van der Waals surface area contributed by atoms with Crippen molar-refractivity contribution in [3.63, 3.8) is 0 Å². The number of carbonyl (C=O) groups excluding carboxylic acids is 2. The maximum Gasteiger partial charge on any atom is 0.407 e. The zero-order valence-electron chi connectivity index (χ0n) is 18.4. The molecule has 0 aromatic heterocycles. The monoisotopic (exact) mass is 460 g/mol. The predicted octanol–water partition coefficient (Wildman–Crippen LogP) is 4.02. The van der Waals surface area contributed by atoms with Crippen molar-refractivity contribution in [3.05, 3.63) is 83.4 Å². The van der Waals surface area contributed by atoms with Crippen molar-refractivity contribution >= 4 is 23.7 Å². The molecule has 4 rings (SSSR count). The van der Waals surface area contributed by atoms with Crippen molar-refractivity contribution in [2.45, 2.75) is 25.3 Å². The maximum absolute atomic E-state index is 12.7. The second kappa shape index (κ2) is 9.66. The van der Waals surface area contributed by atoms with Gasteiger partial charge in [-0.3, -0.25) is 9.59 Å². The Hall–Kier alpha value is -4.33. The number of aryl methyl sites for hydroxylation is 1. The SMILES string of the molecule is Cc1ccc(O)cc1NC(=O)C(CC(=O)O)NC(=O)OCC1c2ccccc2-c2ccccc21. The Balaban J connectivity index is 1.44. The van der Waals surface area contributed by atoms with E-state index in [4.69, 9.17) is 4.74 Å². The quantitative estimate of drug-likeness (QED) is 0.422. The van der Waals surface area contributed by atoms with E-state index in [1.165, 1.54) is 12.1 Å². The Morgan fingerprint density at radius 1 is 0.971 bits per heavy atom. The van der Waals surface area contributed by atoms with E-state index in [2.05, 4.69) is 10.6 Å². The van der Waals surface area contributed by atoms with E-state index in [-0.39, 0.29) is 18.3 Å². The molecule has 8 nitrogen and oxygen atoms in total. The lowest BCUT2D eigenvalue weighted by molar-refractivity contribution is -0.139. The van der Waals surface area contributed by atoms with Crippen molar-refractivity contribution in [1.29, 1.82) is 0 Å². The Labute approximate surface area is 196 Å². The first kappa shape index (κ1) is 22.8. The van der Waals surface area contributed by atoms with Crippen LogP contribution in [0.3, 0.4) is 0 Å². The molecule has 1 aliphatic carbocycles. The summed E-state index contributed by atoms with van der Waals surface area (Å²) in [6, 6.07) is 18.8. The molecule has 0 fully saturated rings. The minimum Gasteiger partial charge on any atom is -0.508 e. The molecule has 1 aliphatic rings. The molecular weight excluding hydrogens is 436 g/mol. The van der Waals surface area contributed by atoms with Gasteiger partial charge in [-0.1, -0.05) is 54.6 Å². The molecule has 1 unspecified atom stereocenters. The highest BCUT2D eigenvalue weighted by atomic mass is 16.5. The number of nitrogens with one attached hydrogen (secondary N) is 2. The van der Waals surface area contributed by atoms with Gasteiger partial charge in [-0.05, 0) is 40.8 Å². The topological polar surface area (TPSA) is 125 Å². The first-order valence-corrected chi connectivity index (χ1v) is 10.8. The van der Waals surface area contributed by atoms with Crippen LogP contribution in [0.25, 0.3) is 11.1 Å². The number of amides is 2. The van der Waals surface area contributed by atoms with Crippen LogP contribution in [0.1, 0.15) is 29.0 Å². The van der Waals surface area contributed by atoms with Gasteiger partial charge < -0.3 is 25.6 Å². The molecule has 2 amide bonds. The molecule has 3 aromatic rings. The molecule has 0 saturated carbocycles. The van der Waals surface area contributed by atoms with Crippen molar-refractivity contribution in [2.24, 2.45) is 0 Å². The minimum atomic E-state index is -1.37. The molecule has 0 heterocycles. The first-order chi connectivity index (χ1) is 16.3. The lowest BCUT2D eigenvalue weighted by atomic mass is 9.98. The maximum atomic E-state index is 12.7. The Morgan fingerprint density at radius 3 is 2.21 bits per heavy atom. The van der Waals surface area contributed by atoms with E-state index in [0.29, 0.717) is 11.3 Å². The highest BCUT2D eigenvalue weighted by molar-refractivity contribution is 5.99. The highest BCUT2D eigenvalue weighted by Gasteiger charge is 2.30. The number of carboxylic acid groups (broad SMARTS) is 1. The van der Waals surface area contributed by atoms with E-state index < -0.39 is 30.4 Å². The number of phenolic OH excluding ortho intramolecular Hbond substituents is 1. The van der Waals surface area contributed by atoms with Gasteiger partial charge in [-0.2, -0.15) is 0 Å². The van der Waals surface area contributed by atoms with Crippen molar-refractivity contribution in [2.75, 3.05) is 11.9 Å². The Bertz CT molecular complexity index is 1210. The summed E-state index contributed by atoms with van der Waals surface area (Å²) in [7, 11) is 0. The van der Waals surface area contributed by atoms with Crippen LogP contribution >= 0.6 is 0 Å². The molecule has 0 spiro atoms. The number of carbonyl (C=O) groups is 3. The molecule has 4 N–H and O–H groups in total. The summed E-state index contributed by atoms with van der Waals surface area (Å²) in [6.45, 7) is 1.76. The zero-order chi connectivity index (χ0) is 24.2. The molecule has 0 saturated heterocycles. The summed E-state index contributed by atoms with van der Waals surface area (Å²) in [4.78, 5) is 36.6. The molecule has 0 bridgehead atoms. The van der Waals surface area contributed by atoms with Gasteiger partial charge in [0.25, 0.3) is 0 Å². The third kappa shape index (κ3) is 4.85. The number of anilines is 1. The number of rotatable bonds is 7. The predicted molar refractivity (Wildman–Crippen MR) is 126 cm³/mol. The second-order valence-corrected chi connectivity index (χ2v) is 8.11. The Kier molecular flexibility index (Phi) is 6.49. The van der Waals surface area contributed by atoms with Gasteiger partial charge in [0.15, 0.2) is 0 Å². The number of ether oxygens (including phenoxy) is 1. The summed E-state index contributed by atoms with van der Waals surface area (Å²) in [5.74, 6) is -2.21. The summed E-state index contributed by atoms with van der Waals surface area (Å²) in [5.41, 5.74) is 5.22.